The van der Waals surface area contributed by atoms with E-state index in [1.54, 1.807) is 16.6 Å². The van der Waals surface area contributed by atoms with Crippen molar-refractivity contribution >= 4 is 11.5 Å². The van der Waals surface area contributed by atoms with Gasteiger partial charge in [-0.15, -0.1) is 21.7 Å². The van der Waals surface area contributed by atoms with Crippen LogP contribution in [-0.2, 0) is 4.74 Å². The summed E-state index contributed by atoms with van der Waals surface area (Å²) in [5, 5.41) is 12.7. The van der Waals surface area contributed by atoms with Crippen LogP contribution in [0, 0.1) is 18.2 Å². The highest BCUT2D eigenvalue weighted by Gasteiger charge is 2.12. The standard InChI is InChI=1S/C17H16FN5O/c1-3-10-24-11-9-22(2)16-8-7-15-19-20-17(23(15)21-16)13-5-4-6-14(18)12-13/h1,4-8,12H,9-11H2,2H3. The smallest absolute Gasteiger partial charge is 0.185 e. The van der Waals surface area contributed by atoms with Crippen LogP contribution < -0.4 is 4.90 Å². The molecule has 0 aliphatic carbocycles. The largest absolute Gasteiger partial charge is 0.367 e. The summed E-state index contributed by atoms with van der Waals surface area (Å²) >= 11 is 0. The van der Waals surface area contributed by atoms with E-state index in [1.807, 2.05) is 24.1 Å². The molecule has 0 saturated carbocycles. The Bertz CT molecular complexity index is 886. The third-order valence-electron chi connectivity index (χ3n) is 3.48. The fourth-order valence-corrected chi connectivity index (χ4v) is 2.24. The zero-order valence-electron chi connectivity index (χ0n) is 13.2. The van der Waals surface area contributed by atoms with Crippen LogP contribution in [0.15, 0.2) is 36.4 Å². The molecule has 0 aliphatic heterocycles. The molecule has 0 spiro atoms. The van der Waals surface area contributed by atoms with Crippen molar-refractivity contribution in [1.82, 2.24) is 19.8 Å². The normalized spacial score (nSPS) is 10.7. The van der Waals surface area contributed by atoms with Crippen LogP contribution in [0.4, 0.5) is 10.2 Å². The second-order valence-electron chi connectivity index (χ2n) is 5.17. The number of terminal acetylenes is 1. The molecule has 3 aromatic rings. The average molecular weight is 325 g/mol. The van der Waals surface area contributed by atoms with Gasteiger partial charge in [-0.3, -0.25) is 0 Å². The summed E-state index contributed by atoms with van der Waals surface area (Å²) in [5.74, 6) is 3.31. The molecule has 0 saturated heterocycles. The first-order valence-electron chi connectivity index (χ1n) is 7.40. The van der Waals surface area contributed by atoms with Gasteiger partial charge in [-0.2, -0.15) is 4.52 Å². The Kier molecular flexibility index (Phi) is 4.68. The molecule has 1 aromatic carbocycles. The zero-order valence-corrected chi connectivity index (χ0v) is 13.2. The maximum absolute atomic E-state index is 13.5. The van der Waals surface area contributed by atoms with E-state index in [0.29, 0.717) is 30.2 Å². The van der Waals surface area contributed by atoms with Crippen LogP contribution in [0.5, 0.6) is 0 Å². The molecule has 0 aliphatic rings. The number of hydrogen-bond acceptors (Lipinski definition) is 5. The predicted octanol–water partition coefficient (Wildman–Crippen LogP) is 2.02. The summed E-state index contributed by atoms with van der Waals surface area (Å²) < 4.78 is 20.3. The van der Waals surface area contributed by atoms with E-state index in [9.17, 15) is 4.39 Å². The quantitative estimate of drug-likeness (QED) is 0.513. The third-order valence-corrected chi connectivity index (χ3v) is 3.48. The van der Waals surface area contributed by atoms with Gasteiger partial charge in [0, 0.05) is 19.2 Å². The first-order chi connectivity index (χ1) is 11.7. The summed E-state index contributed by atoms with van der Waals surface area (Å²) in [4.78, 5) is 1.94. The highest BCUT2D eigenvalue weighted by molar-refractivity contribution is 5.59. The molecule has 2 aromatic heterocycles. The van der Waals surface area contributed by atoms with Crippen molar-refractivity contribution < 1.29 is 9.13 Å². The molecule has 0 N–H and O–H groups in total. The second kappa shape index (κ2) is 7.06. The van der Waals surface area contributed by atoms with E-state index in [-0.39, 0.29) is 12.4 Å². The predicted molar refractivity (Wildman–Crippen MR) is 89.1 cm³/mol. The van der Waals surface area contributed by atoms with Crippen LogP contribution in [-0.4, -0.2) is 46.6 Å². The van der Waals surface area contributed by atoms with Crippen molar-refractivity contribution in [3.8, 4) is 23.7 Å². The maximum Gasteiger partial charge on any atom is 0.185 e. The van der Waals surface area contributed by atoms with E-state index in [4.69, 9.17) is 11.2 Å². The van der Waals surface area contributed by atoms with Crippen LogP contribution in [0.25, 0.3) is 17.0 Å². The van der Waals surface area contributed by atoms with Crippen LogP contribution in [0.3, 0.4) is 0 Å². The molecular weight excluding hydrogens is 309 g/mol. The van der Waals surface area contributed by atoms with Crippen molar-refractivity contribution in [3.63, 3.8) is 0 Å². The van der Waals surface area contributed by atoms with Crippen LogP contribution in [0.1, 0.15) is 0 Å². The van der Waals surface area contributed by atoms with E-state index >= 15 is 0 Å². The lowest BCUT2D eigenvalue weighted by molar-refractivity contribution is 0.174. The molecule has 0 unspecified atom stereocenters. The minimum Gasteiger partial charge on any atom is -0.367 e. The summed E-state index contributed by atoms with van der Waals surface area (Å²) in [6.45, 7) is 1.42. The number of benzene rings is 1. The fraction of sp³-hybridized carbons (Fsp3) is 0.235. The molecule has 0 bridgehead atoms. The van der Waals surface area contributed by atoms with Gasteiger partial charge in [0.1, 0.15) is 18.2 Å². The van der Waals surface area contributed by atoms with E-state index in [0.717, 1.165) is 5.82 Å². The number of rotatable bonds is 6. The van der Waals surface area contributed by atoms with Crippen molar-refractivity contribution in [3.05, 3.63) is 42.2 Å². The van der Waals surface area contributed by atoms with Gasteiger partial charge in [-0.25, -0.2) is 4.39 Å². The van der Waals surface area contributed by atoms with Crippen molar-refractivity contribution in [2.45, 2.75) is 0 Å². The Morgan fingerprint density at radius 3 is 2.96 bits per heavy atom. The highest BCUT2D eigenvalue weighted by atomic mass is 19.1. The number of halogens is 1. The topological polar surface area (TPSA) is 55.5 Å². The summed E-state index contributed by atoms with van der Waals surface area (Å²) in [6.07, 6.45) is 5.14. The van der Waals surface area contributed by atoms with Gasteiger partial charge in [-0.05, 0) is 24.3 Å². The monoisotopic (exact) mass is 325 g/mol. The molecule has 122 valence electrons. The molecular formula is C17H16FN5O. The number of ether oxygens (including phenoxy) is 1. The summed E-state index contributed by atoms with van der Waals surface area (Å²) in [5.41, 5.74) is 1.21. The Morgan fingerprint density at radius 2 is 2.17 bits per heavy atom. The first kappa shape index (κ1) is 15.9. The average Bonchev–Trinajstić information content (AvgIpc) is 3.01. The molecule has 0 fully saturated rings. The van der Waals surface area contributed by atoms with Gasteiger partial charge in [0.15, 0.2) is 11.5 Å². The Labute approximate surface area is 138 Å². The molecule has 0 atom stereocenters. The first-order valence-corrected chi connectivity index (χ1v) is 7.40. The van der Waals surface area contributed by atoms with Gasteiger partial charge in [0.25, 0.3) is 0 Å². The number of likely N-dealkylation sites (N-methyl/N-ethyl adjacent to an activating group) is 1. The molecule has 24 heavy (non-hydrogen) atoms. The van der Waals surface area contributed by atoms with Crippen molar-refractivity contribution in [2.75, 3.05) is 31.7 Å². The molecule has 0 radical (unpaired) electrons. The Morgan fingerprint density at radius 1 is 1.29 bits per heavy atom. The van der Waals surface area contributed by atoms with Gasteiger partial charge in [0.2, 0.25) is 0 Å². The number of nitrogens with zero attached hydrogens (tertiary/aromatic N) is 5. The molecule has 3 rings (SSSR count). The minimum atomic E-state index is -0.330. The van der Waals surface area contributed by atoms with Gasteiger partial charge in [-0.1, -0.05) is 18.1 Å². The molecule has 7 heteroatoms. The Hall–Kier alpha value is -2.98. The summed E-state index contributed by atoms with van der Waals surface area (Å²) in [6, 6.07) is 9.85. The van der Waals surface area contributed by atoms with E-state index < -0.39 is 0 Å². The molecule has 6 nitrogen and oxygen atoms in total. The Balaban J connectivity index is 1.87. The summed E-state index contributed by atoms with van der Waals surface area (Å²) in [7, 11) is 1.90. The minimum absolute atomic E-state index is 0.287. The zero-order chi connectivity index (χ0) is 16.9. The van der Waals surface area contributed by atoms with Gasteiger partial charge < -0.3 is 9.64 Å². The van der Waals surface area contributed by atoms with Gasteiger partial charge >= 0.3 is 0 Å². The lowest BCUT2D eigenvalue weighted by atomic mass is 10.2. The highest BCUT2D eigenvalue weighted by Crippen LogP contribution is 2.20. The van der Waals surface area contributed by atoms with E-state index in [2.05, 4.69) is 21.2 Å². The van der Waals surface area contributed by atoms with Crippen molar-refractivity contribution in [1.29, 1.82) is 0 Å². The number of fused-ring (bicyclic) bond motifs is 1. The maximum atomic E-state index is 13.5. The van der Waals surface area contributed by atoms with E-state index in [1.165, 1.54) is 12.1 Å². The van der Waals surface area contributed by atoms with Crippen LogP contribution in [0.2, 0.25) is 0 Å². The number of anilines is 1. The van der Waals surface area contributed by atoms with Crippen LogP contribution >= 0.6 is 0 Å². The SMILES string of the molecule is C#CCOCCN(C)c1ccc2nnc(-c3cccc(F)c3)n2n1. The lowest BCUT2D eigenvalue weighted by Gasteiger charge is -2.17. The number of aromatic nitrogens is 4. The molecule has 2 heterocycles. The van der Waals surface area contributed by atoms with Gasteiger partial charge in [0.05, 0.1) is 6.61 Å². The fourth-order valence-electron chi connectivity index (χ4n) is 2.24. The molecule has 0 amide bonds. The third kappa shape index (κ3) is 3.34. The number of hydrogen-bond donors (Lipinski definition) is 0. The van der Waals surface area contributed by atoms with Crippen molar-refractivity contribution in [2.24, 2.45) is 0 Å². The second-order valence-corrected chi connectivity index (χ2v) is 5.17. The lowest BCUT2D eigenvalue weighted by Crippen LogP contribution is -2.24.